The summed E-state index contributed by atoms with van der Waals surface area (Å²) < 4.78 is 0. The maximum Gasteiger partial charge on any atom is 0.253 e. The third-order valence-electron chi connectivity index (χ3n) is 2.63. The Morgan fingerprint density at radius 1 is 1.39 bits per heavy atom. The fourth-order valence-corrected chi connectivity index (χ4v) is 2.33. The molecule has 0 radical (unpaired) electrons. The highest BCUT2D eigenvalue weighted by Crippen LogP contribution is 2.20. The minimum absolute atomic E-state index is 0.00596. The molecule has 3 amide bonds. The van der Waals surface area contributed by atoms with Crippen LogP contribution in [0.4, 0.5) is 0 Å². The van der Waals surface area contributed by atoms with E-state index < -0.39 is 11.9 Å². The molecule has 2 N–H and O–H groups in total. The first kappa shape index (κ1) is 12.6. The quantitative estimate of drug-likeness (QED) is 0.617. The van der Waals surface area contributed by atoms with Gasteiger partial charge < -0.3 is 5.32 Å². The maximum absolute atomic E-state index is 12.0. The van der Waals surface area contributed by atoms with Crippen molar-refractivity contribution < 1.29 is 14.4 Å². The molecule has 1 aromatic carbocycles. The first-order valence-corrected chi connectivity index (χ1v) is 6.62. The van der Waals surface area contributed by atoms with Crippen molar-refractivity contribution in [2.45, 2.75) is 17.4 Å². The van der Waals surface area contributed by atoms with Gasteiger partial charge in [-0.15, -0.1) is 11.8 Å². The lowest BCUT2D eigenvalue weighted by Gasteiger charge is -2.11. The van der Waals surface area contributed by atoms with Gasteiger partial charge in [0, 0.05) is 4.90 Å². The highest BCUT2D eigenvalue weighted by atomic mass is 32.2. The summed E-state index contributed by atoms with van der Waals surface area (Å²) in [5, 5.41) is 4.72. The van der Waals surface area contributed by atoms with Gasteiger partial charge in [-0.05, 0) is 18.4 Å². The summed E-state index contributed by atoms with van der Waals surface area (Å²) in [7, 11) is 0. The van der Waals surface area contributed by atoms with Crippen LogP contribution in [0.2, 0.25) is 0 Å². The molecule has 1 aromatic rings. The van der Waals surface area contributed by atoms with Crippen LogP contribution in [-0.4, -0.2) is 30.0 Å². The SMILES string of the molecule is CSc1ccccc1C(=O)NC1CC(=O)NC1=O. The van der Waals surface area contributed by atoms with Crippen LogP contribution in [0.15, 0.2) is 29.2 Å². The molecule has 1 saturated heterocycles. The topological polar surface area (TPSA) is 75.3 Å². The highest BCUT2D eigenvalue weighted by molar-refractivity contribution is 7.98. The minimum atomic E-state index is -0.764. The van der Waals surface area contributed by atoms with E-state index in [9.17, 15) is 14.4 Å². The molecule has 1 aliphatic heterocycles. The zero-order chi connectivity index (χ0) is 13.1. The summed E-state index contributed by atoms with van der Waals surface area (Å²) in [6.07, 6.45) is 1.88. The zero-order valence-corrected chi connectivity index (χ0v) is 10.5. The van der Waals surface area contributed by atoms with E-state index in [0.717, 1.165) is 4.90 Å². The van der Waals surface area contributed by atoms with Crippen molar-refractivity contribution >= 4 is 29.5 Å². The average molecular weight is 264 g/mol. The number of carbonyl (C=O) groups is 3. The van der Waals surface area contributed by atoms with Crippen LogP contribution in [0, 0.1) is 0 Å². The van der Waals surface area contributed by atoms with Gasteiger partial charge in [0.15, 0.2) is 0 Å². The molecule has 94 valence electrons. The maximum atomic E-state index is 12.0. The van der Waals surface area contributed by atoms with E-state index in [1.54, 1.807) is 12.1 Å². The fourth-order valence-electron chi connectivity index (χ4n) is 1.74. The molecule has 1 atom stereocenters. The molecule has 5 nitrogen and oxygen atoms in total. The van der Waals surface area contributed by atoms with E-state index in [-0.39, 0.29) is 18.2 Å². The van der Waals surface area contributed by atoms with Crippen LogP contribution in [0.1, 0.15) is 16.8 Å². The summed E-state index contributed by atoms with van der Waals surface area (Å²) >= 11 is 1.45. The molecular formula is C12H12N2O3S. The molecule has 1 fully saturated rings. The molecule has 0 aliphatic carbocycles. The van der Waals surface area contributed by atoms with Crippen LogP contribution < -0.4 is 10.6 Å². The Bertz CT molecular complexity index is 516. The second kappa shape index (κ2) is 5.22. The van der Waals surface area contributed by atoms with Crippen molar-refractivity contribution in [3.05, 3.63) is 29.8 Å². The summed E-state index contributed by atoms with van der Waals surface area (Å²) in [6, 6.07) is 6.36. The molecule has 18 heavy (non-hydrogen) atoms. The molecule has 0 spiro atoms. The van der Waals surface area contributed by atoms with Crippen molar-refractivity contribution in [1.82, 2.24) is 10.6 Å². The van der Waals surface area contributed by atoms with Gasteiger partial charge in [-0.1, -0.05) is 12.1 Å². The lowest BCUT2D eigenvalue weighted by Crippen LogP contribution is -2.40. The largest absolute Gasteiger partial charge is 0.340 e. The lowest BCUT2D eigenvalue weighted by molar-refractivity contribution is -0.125. The number of benzene rings is 1. The van der Waals surface area contributed by atoms with Crippen molar-refractivity contribution in [3.63, 3.8) is 0 Å². The second-order valence-electron chi connectivity index (χ2n) is 3.84. The summed E-state index contributed by atoms with van der Waals surface area (Å²) in [5.41, 5.74) is 0.511. The molecule has 0 bridgehead atoms. The molecule has 6 heteroatoms. The molecule has 1 heterocycles. The van der Waals surface area contributed by atoms with Crippen LogP contribution in [0.5, 0.6) is 0 Å². The summed E-state index contributed by atoms with van der Waals surface area (Å²) in [6.45, 7) is 0. The normalized spacial score (nSPS) is 18.6. The van der Waals surface area contributed by atoms with Crippen LogP contribution in [0.3, 0.4) is 0 Å². The molecule has 0 aromatic heterocycles. The lowest BCUT2D eigenvalue weighted by atomic mass is 10.2. The molecule has 2 rings (SSSR count). The first-order chi connectivity index (χ1) is 8.61. The van der Waals surface area contributed by atoms with E-state index in [1.165, 1.54) is 11.8 Å². The van der Waals surface area contributed by atoms with Crippen molar-refractivity contribution in [3.8, 4) is 0 Å². The standard InChI is InChI=1S/C12H12N2O3S/c1-18-9-5-3-2-4-7(9)11(16)13-8-6-10(15)14-12(8)17/h2-5,8H,6H2,1H3,(H,13,16)(H,14,15,17). The van der Waals surface area contributed by atoms with Gasteiger partial charge >= 0.3 is 0 Å². The van der Waals surface area contributed by atoms with E-state index in [4.69, 9.17) is 0 Å². The smallest absolute Gasteiger partial charge is 0.253 e. The van der Waals surface area contributed by atoms with Crippen LogP contribution in [0.25, 0.3) is 0 Å². The Kier molecular flexibility index (Phi) is 3.66. The number of imide groups is 1. The molecule has 1 unspecified atom stereocenters. The second-order valence-corrected chi connectivity index (χ2v) is 4.69. The Hall–Kier alpha value is -1.82. The Balaban J connectivity index is 2.13. The van der Waals surface area contributed by atoms with Gasteiger partial charge in [-0.25, -0.2) is 0 Å². The van der Waals surface area contributed by atoms with Gasteiger partial charge in [0.2, 0.25) is 11.8 Å². The minimum Gasteiger partial charge on any atom is -0.340 e. The van der Waals surface area contributed by atoms with E-state index >= 15 is 0 Å². The summed E-state index contributed by atoms with van der Waals surface area (Å²) in [5.74, 6) is -1.15. The Morgan fingerprint density at radius 2 is 2.11 bits per heavy atom. The number of hydrogen-bond donors (Lipinski definition) is 2. The molecule has 1 aliphatic rings. The predicted molar refractivity (Wildman–Crippen MR) is 67.2 cm³/mol. The van der Waals surface area contributed by atoms with Gasteiger partial charge in [-0.2, -0.15) is 0 Å². The average Bonchev–Trinajstić information content (AvgIpc) is 2.67. The zero-order valence-electron chi connectivity index (χ0n) is 9.73. The monoisotopic (exact) mass is 264 g/mol. The number of hydrogen-bond acceptors (Lipinski definition) is 4. The van der Waals surface area contributed by atoms with Crippen LogP contribution in [-0.2, 0) is 9.59 Å². The fraction of sp³-hybridized carbons (Fsp3) is 0.250. The van der Waals surface area contributed by atoms with E-state index in [2.05, 4.69) is 10.6 Å². The molecule has 0 saturated carbocycles. The number of amides is 3. The van der Waals surface area contributed by atoms with Crippen molar-refractivity contribution in [2.24, 2.45) is 0 Å². The van der Waals surface area contributed by atoms with Gasteiger partial charge in [0.05, 0.1) is 12.0 Å². The van der Waals surface area contributed by atoms with Gasteiger partial charge in [-0.3, -0.25) is 19.7 Å². The van der Waals surface area contributed by atoms with Crippen molar-refractivity contribution in [2.75, 3.05) is 6.26 Å². The number of nitrogens with one attached hydrogen (secondary N) is 2. The molecular weight excluding hydrogens is 252 g/mol. The van der Waals surface area contributed by atoms with Crippen molar-refractivity contribution in [1.29, 1.82) is 0 Å². The van der Waals surface area contributed by atoms with Gasteiger partial charge in [0.1, 0.15) is 6.04 Å². The van der Waals surface area contributed by atoms with Crippen LogP contribution >= 0.6 is 11.8 Å². The predicted octanol–water partition coefficient (Wildman–Crippen LogP) is 0.553. The number of thioether (sulfide) groups is 1. The Morgan fingerprint density at radius 3 is 2.72 bits per heavy atom. The number of carbonyl (C=O) groups excluding carboxylic acids is 3. The third kappa shape index (κ3) is 2.53. The highest BCUT2D eigenvalue weighted by Gasteiger charge is 2.32. The summed E-state index contributed by atoms with van der Waals surface area (Å²) in [4.78, 5) is 35.2. The first-order valence-electron chi connectivity index (χ1n) is 5.39. The van der Waals surface area contributed by atoms with E-state index in [0.29, 0.717) is 5.56 Å². The Labute approximate surface area is 108 Å². The number of rotatable bonds is 3. The third-order valence-corrected chi connectivity index (χ3v) is 3.42. The van der Waals surface area contributed by atoms with E-state index in [1.807, 2.05) is 18.4 Å². The van der Waals surface area contributed by atoms with Gasteiger partial charge in [0.25, 0.3) is 5.91 Å².